The number of carbonyl (C=O) groups is 2. The molecule has 1 amide bonds. The molecule has 1 aliphatic heterocycles. The number of aryl methyl sites for hydroxylation is 2. The van der Waals surface area contributed by atoms with Gasteiger partial charge in [0, 0.05) is 91.5 Å². The molecule has 12 rings (SSSR count). The number of hydrogen-bond donors (Lipinski definition) is 0. The highest BCUT2D eigenvalue weighted by Crippen LogP contribution is 2.56. The van der Waals surface area contributed by atoms with Crippen LogP contribution in [0.25, 0.3) is 91.2 Å². The van der Waals surface area contributed by atoms with Gasteiger partial charge in [-0.05, 0) is 173 Å². The van der Waals surface area contributed by atoms with Crippen molar-refractivity contribution in [2.24, 2.45) is 29.6 Å². The average molecular weight is 2050 g/mol. The van der Waals surface area contributed by atoms with Crippen LogP contribution in [0.3, 0.4) is 0 Å². The van der Waals surface area contributed by atoms with E-state index in [1.54, 1.807) is 22.7 Å². The standard InChI is InChI=1S/C125H185N3O4S8/c1-11-19-27-35-43-47-55-60-68-95(67-59-51-39-31-23-15-5)84-101-118(119-120(122(101)129)121(110-82-80-108(137-110)112-87-115-111(138-112)83-94(10)134-115)128(125(119)131)91-97(71-62-53-41-33-25-17-7)72-64-57-49-45-37-29-21-13-3)109-81-79-107(136-109)114-89-117-116(140-114)88-113(139-117)106-78-77-105(135-106)100-85-102-103(127(124(100)130)90-96(69-61-52-40-32-24-16-6)70-63-56-48-44-36-28-20-12-2)86-99(104-76-75-93(9)133-104)123(126-102)132-92-98(73-65-54-42-34-26-18-8)74-66-58-50-46-38-30-22-14-4/h75-83,85-89,95-98,101H,11-74,84,90-92H2,1-10H3. The van der Waals surface area contributed by atoms with Gasteiger partial charge in [0.25, 0.3) is 11.5 Å². The van der Waals surface area contributed by atoms with Crippen LogP contribution >= 0.6 is 90.7 Å². The number of amides is 1. The van der Waals surface area contributed by atoms with Crippen LogP contribution in [0.15, 0.2) is 101 Å². The lowest BCUT2D eigenvalue weighted by Gasteiger charge is -2.28. The largest absolute Gasteiger partial charge is 0.477 e. The first-order chi connectivity index (χ1) is 68.8. The number of ketones is 1. The molecule has 0 N–H and O–H groups in total. The highest BCUT2D eigenvalue weighted by Gasteiger charge is 2.51. The van der Waals surface area contributed by atoms with Gasteiger partial charge in [-0.1, -0.05) is 428 Å². The van der Waals surface area contributed by atoms with Gasteiger partial charge in [0.1, 0.15) is 0 Å². The van der Waals surface area contributed by atoms with Gasteiger partial charge >= 0.3 is 0 Å². The lowest BCUT2D eigenvalue weighted by Crippen LogP contribution is -2.32. The van der Waals surface area contributed by atoms with Crippen LogP contribution in [0, 0.1) is 43.4 Å². The molecule has 140 heavy (non-hydrogen) atoms. The highest BCUT2D eigenvalue weighted by atomic mass is 32.1. The number of Topliss-reactive ketones (excluding diaryl/α,β-unsaturated/α-hetero) is 1. The molecule has 0 aromatic carbocycles. The predicted molar refractivity (Wildman–Crippen MR) is 626 cm³/mol. The van der Waals surface area contributed by atoms with E-state index >= 15 is 14.4 Å². The zero-order chi connectivity index (χ0) is 98.3. The van der Waals surface area contributed by atoms with Crippen LogP contribution in [0.5, 0.6) is 5.88 Å². The number of pyridine rings is 2. The summed E-state index contributed by atoms with van der Waals surface area (Å²) in [6.07, 6.45) is 81.9. The molecule has 15 heteroatoms. The summed E-state index contributed by atoms with van der Waals surface area (Å²) in [7, 11) is 0. The summed E-state index contributed by atoms with van der Waals surface area (Å²) >= 11 is 14.7. The minimum atomic E-state index is -0.387. The van der Waals surface area contributed by atoms with Gasteiger partial charge < -0.3 is 14.2 Å². The molecule has 10 aromatic heterocycles. The van der Waals surface area contributed by atoms with E-state index in [4.69, 9.17) is 9.72 Å². The van der Waals surface area contributed by atoms with Crippen LogP contribution in [0.1, 0.15) is 492 Å². The van der Waals surface area contributed by atoms with Gasteiger partial charge in [-0.3, -0.25) is 14.4 Å². The van der Waals surface area contributed by atoms with Crippen molar-refractivity contribution in [3.63, 3.8) is 0 Å². The lowest BCUT2D eigenvalue weighted by atomic mass is 9.82. The van der Waals surface area contributed by atoms with E-state index in [-0.39, 0.29) is 23.2 Å². The Labute approximate surface area is 882 Å². The molecule has 5 unspecified atom stereocenters. The molecule has 7 nitrogen and oxygen atoms in total. The van der Waals surface area contributed by atoms with Crippen molar-refractivity contribution in [1.29, 1.82) is 0 Å². The minimum Gasteiger partial charge on any atom is -0.477 e. The molecule has 0 saturated heterocycles. The minimum absolute atomic E-state index is 0.0667. The van der Waals surface area contributed by atoms with Crippen LogP contribution in [-0.2, 0) is 16.1 Å². The molecule has 772 valence electrons. The third-order valence-corrected chi connectivity index (χ3v) is 40.4. The molecule has 2 aliphatic rings. The number of aromatic nitrogens is 2. The SMILES string of the molecule is CCCCCCCCCCC(CCCCCCCC)COc1nc2cc(-c3ccc(-c4cc5sc(-c6ccc(C7=C8C(=O)N(CC(CCCCCCCC)CCCCCCCCCC)C(c9ccc(-c%10cc%11sc(C)cc%11s%10)s9)=C8C(=O)C7CC(CCCCCCCC)CCCCCCCCCC)s6)cc5s4)s3)c(=O)n(CC(CCCCCCCC)CCCCCCCCCC)c2cc1-c1ccc(C)s1. The van der Waals surface area contributed by atoms with Crippen molar-refractivity contribution in [2.75, 3.05) is 13.2 Å². The van der Waals surface area contributed by atoms with Crippen LogP contribution < -0.4 is 10.3 Å². The van der Waals surface area contributed by atoms with Gasteiger partial charge in [-0.25, -0.2) is 4.98 Å². The number of carbonyl (C=O) groups excluding carboxylic acids is 2. The van der Waals surface area contributed by atoms with E-state index in [0.29, 0.717) is 54.8 Å². The topological polar surface area (TPSA) is 81.5 Å². The van der Waals surface area contributed by atoms with E-state index < -0.39 is 0 Å². The maximum absolute atomic E-state index is 16.8. The molecular weight excluding hydrogens is 1860 g/mol. The normalized spacial score (nSPS) is 14.5. The second-order valence-electron chi connectivity index (χ2n) is 42.9. The smallest absolute Gasteiger partial charge is 0.259 e. The molecule has 0 saturated carbocycles. The van der Waals surface area contributed by atoms with Gasteiger partial charge in [0.15, 0.2) is 5.78 Å². The van der Waals surface area contributed by atoms with E-state index in [1.165, 1.54) is 430 Å². The van der Waals surface area contributed by atoms with E-state index in [1.807, 2.05) is 68.0 Å². The molecule has 10 aromatic rings. The van der Waals surface area contributed by atoms with Crippen molar-refractivity contribution in [3.8, 4) is 56.0 Å². The first kappa shape index (κ1) is 114. The molecule has 0 spiro atoms. The Kier molecular flexibility index (Phi) is 52.1. The van der Waals surface area contributed by atoms with E-state index in [2.05, 4.69) is 164 Å². The summed E-state index contributed by atoms with van der Waals surface area (Å²) in [6, 6.07) is 32.2. The Morgan fingerprint density at radius 2 is 0.636 bits per heavy atom. The van der Waals surface area contributed by atoms with Crippen molar-refractivity contribution in [1.82, 2.24) is 14.5 Å². The fraction of sp³-hybridized carbons (Fsp3) is 0.664. The zero-order valence-corrected chi connectivity index (χ0v) is 95.8. The first-order valence-corrected chi connectivity index (χ1v) is 64.8. The first-order valence-electron chi connectivity index (χ1n) is 58.2. The highest BCUT2D eigenvalue weighted by molar-refractivity contribution is 7.34. The third kappa shape index (κ3) is 35.3. The predicted octanol–water partition coefficient (Wildman–Crippen LogP) is 43.7. The summed E-state index contributed by atoms with van der Waals surface area (Å²) in [5, 5.41) is 0. The third-order valence-electron chi connectivity index (χ3n) is 30.9. The van der Waals surface area contributed by atoms with Crippen LogP contribution in [0.2, 0.25) is 0 Å². The number of thiophene rings is 8. The Bertz CT molecular complexity index is 5260. The molecule has 5 atom stereocenters. The Balaban J connectivity index is 0.901. The Morgan fingerprint density at radius 1 is 0.300 bits per heavy atom. The monoisotopic (exact) mass is 2050 g/mol. The van der Waals surface area contributed by atoms with E-state index in [9.17, 15) is 0 Å². The molecule has 1 aliphatic carbocycles. The molecule has 0 radical (unpaired) electrons. The fourth-order valence-corrected chi connectivity index (χ4v) is 31.5. The maximum atomic E-state index is 16.8. The van der Waals surface area contributed by atoms with Gasteiger partial charge in [0.05, 0.1) is 50.5 Å². The van der Waals surface area contributed by atoms with Crippen molar-refractivity contribution in [3.05, 3.63) is 126 Å². The molecular formula is C125H185N3O4S8. The maximum Gasteiger partial charge on any atom is 0.259 e. The van der Waals surface area contributed by atoms with Gasteiger partial charge in [0.2, 0.25) is 5.88 Å². The number of ether oxygens (including phenoxy) is 1. The zero-order valence-electron chi connectivity index (χ0n) is 89.3. The number of hydrogen-bond acceptors (Lipinski definition) is 13. The Hall–Kier alpha value is -5.10. The molecule has 0 bridgehead atoms. The van der Waals surface area contributed by atoms with Crippen molar-refractivity contribution >= 4 is 143 Å². The number of rotatable bonds is 80. The summed E-state index contributed by atoms with van der Waals surface area (Å²) in [4.78, 5) is 72.0. The number of allylic oxidation sites excluding steroid dienone is 1. The molecule has 11 heterocycles. The van der Waals surface area contributed by atoms with Crippen molar-refractivity contribution < 1.29 is 14.3 Å². The Morgan fingerprint density at radius 3 is 1.04 bits per heavy atom. The van der Waals surface area contributed by atoms with Crippen LogP contribution in [0.4, 0.5) is 0 Å². The number of fused-ring (bicyclic) bond motifs is 4. The summed E-state index contributed by atoms with van der Waals surface area (Å²) < 4.78 is 14.7. The van der Waals surface area contributed by atoms with E-state index in [0.717, 1.165) is 103 Å². The fourth-order valence-electron chi connectivity index (χ4n) is 22.5. The number of unbranched alkanes of at least 4 members (excludes halogenated alkanes) is 48. The van der Waals surface area contributed by atoms with Gasteiger partial charge in [-0.2, -0.15) is 0 Å². The summed E-state index contributed by atoms with van der Waals surface area (Å²) in [6.45, 7) is 24.9. The second kappa shape index (κ2) is 64.2. The average Bonchev–Trinajstić information content (AvgIpc) is 1.53. The quantitative estimate of drug-likeness (QED) is 0.0355. The van der Waals surface area contributed by atoms with Gasteiger partial charge in [-0.15, -0.1) is 90.7 Å². The summed E-state index contributed by atoms with van der Waals surface area (Å²) in [5.41, 5.74) is 6.97. The summed E-state index contributed by atoms with van der Waals surface area (Å²) in [5.74, 6) is 2.15. The van der Waals surface area contributed by atoms with Crippen LogP contribution in [-0.4, -0.2) is 39.3 Å². The van der Waals surface area contributed by atoms with Crippen molar-refractivity contribution in [2.45, 2.75) is 493 Å². The number of nitrogens with zero attached hydrogens (tertiary/aromatic N) is 3. The second-order valence-corrected chi connectivity index (χ2v) is 52.0. The lowest BCUT2D eigenvalue weighted by molar-refractivity contribution is -0.123. The molecule has 0 fully saturated rings.